The third-order valence-corrected chi connectivity index (χ3v) is 2.29. The van der Waals surface area contributed by atoms with E-state index in [4.69, 9.17) is 0 Å². The molecule has 7 nitrogen and oxygen atoms in total. The first-order chi connectivity index (χ1) is 8.17. The number of hydrogen-bond donors (Lipinski definition) is 0. The predicted octanol–water partition coefficient (Wildman–Crippen LogP) is 0.205. The molecule has 17 heavy (non-hydrogen) atoms. The number of nitrogens with zero attached hydrogens (tertiary/aromatic N) is 4. The van der Waals surface area contributed by atoms with Crippen LogP contribution in [0.3, 0.4) is 0 Å². The Hall–Kier alpha value is -2.44. The minimum Gasteiger partial charge on any atom is -0.465 e. The molecule has 0 unspecified atom stereocenters. The number of esters is 1. The quantitative estimate of drug-likeness (QED) is 0.560. The molecule has 2 aromatic rings. The fourth-order valence-electron chi connectivity index (χ4n) is 1.40. The summed E-state index contributed by atoms with van der Waals surface area (Å²) >= 11 is 0. The van der Waals surface area contributed by atoms with Gasteiger partial charge < -0.3 is 9.30 Å². The lowest BCUT2D eigenvalue weighted by molar-refractivity contribution is 0.0600. The Bertz CT molecular complexity index is 570. The van der Waals surface area contributed by atoms with Crippen LogP contribution in [0.1, 0.15) is 20.8 Å². The average molecular weight is 234 g/mol. The molecule has 7 heteroatoms. The van der Waals surface area contributed by atoms with E-state index in [1.807, 2.05) is 0 Å². The van der Waals surface area contributed by atoms with Crippen molar-refractivity contribution in [1.29, 1.82) is 0 Å². The van der Waals surface area contributed by atoms with Crippen LogP contribution in [0.5, 0.6) is 0 Å². The monoisotopic (exact) mass is 234 g/mol. The van der Waals surface area contributed by atoms with Gasteiger partial charge in [0.25, 0.3) is 0 Å². The van der Waals surface area contributed by atoms with E-state index >= 15 is 0 Å². The topological polar surface area (TPSA) is 79.0 Å². The summed E-state index contributed by atoms with van der Waals surface area (Å²) in [5.41, 5.74) is 0.680. The van der Waals surface area contributed by atoms with Crippen LogP contribution >= 0.6 is 0 Å². The SMILES string of the molecule is COC(=O)c1cnn(-c2ncn(C)c2C=O)c1. The molecular formula is C10H10N4O3. The fourth-order valence-corrected chi connectivity index (χ4v) is 1.40. The molecule has 0 aliphatic heterocycles. The number of methoxy groups -OCH3 is 1. The molecule has 2 aromatic heterocycles. The van der Waals surface area contributed by atoms with Crippen LogP contribution in [0.4, 0.5) is 0 Å². The standard InChI is InChI=1S/C10H10N4O3/c1-13-6-11-9(8(13)5-15)14-4-7(3-12-14)10(16)17-2/h3-6H,1-2H3. The van der Waals surface area contributed by atoms with Crippen LogP contribution in [0.25, 0.3) is 5.82 Å². The fraction of sp³-hybridized carbons (Fsp3) is 0.200. The maximum Gasteiger partial charge on any atom is 0.341 e. The minimum absolute atomic E-state index is 0.301. The first-order valence-corrected chi connectivity index (χ1v) is 4.77. The molecule has 0 saturated heterocycles. The minimum atomic E-state index is -0.486. The Labute approximate surface area is 96.6 Å². The van der Waals surface area contributed by atoms with Gasteiger partial charge in [0.15, 0.2) is 12.1 Å². The van der Waals surface area contributed by atoms with Crippen LogP contribution < -0.4 is 0 Å². The number of imidazole rings is 1. The number of carbonyl (C=O) groups is 2. The Balaban J connectivity index is 2.43. The van der Waals surface area contributed by atoms with Crippen LogP contribution in [0.2, 0.25) is 0 Å². The lowest BCUT2D eigenvalue weighted by Gasteiger charge is -1.98. The normalized spacial score (nSPS) is 10.2. The summed E-state index contributed by atoms with van der Waals surface area (Å²) in [5.74, 6) is -0.113. The molecule has 0 saturated carbocycles. The van der Waals surface area contributed by atoms with Gasteiger partial charge in [-0.3, -0.25) is 4.79 Å². The summed E-state index contributed by atoms with van der Waals surface area (Å²) in [6.07, 6.45) is 5.00. The van der Waals surface area contributed by atoms with E-state index in [2.05, 4.69) is 14.8 Å². The van der Waals surface area contributed by atoms with Crippen LogP contribution in [0, 0.1) is 0 Å². The summed E-state index contributed by atoms with van der Waals surface area (Å²) < 4.78 is 7.49. The molecule has 0 atom stereocenters. The highest BCUT2D eigenvalue weighted by atomic mass is 16.5. The average Bonchev–Trinajstić information content (AvgIpc) is 2.94. The second-order valence-electron chi connectivity index (χ2n) is 3.35. The van der Waals surface area contributed by atoms with E-state index < -0.39 is 5.97 Å². The van der Waals surface area contributed by atoms with E-state index in [0.29, 0.717) is 23.4 Å². The molecule has 0 aromatic carbocycles. The van der Waals surface area contributed by atoms with Crippen molar-refractivity contribution in [2.45, 2.75) is 0 Å². The zero-order valence-electron chi connectivity index (χ0n) is 9.32. The molecule has 2 heterocycles. The van der Waals surface area contributed by atoms with E-state index in [1.165, 1.54) is 30.5 Å². The lowest BCUT2D eigenvalue weighted by Crippen LogP contribution is -2.02. The molecule has 0 bridgehead atoms. The number of rotatable bonds is 3. The van der Waals surface area contributed by atoms with Crippen molar-refractivity contribution in [1.82, 2.24) is 19.3 Å². The molecular weight excluding hydrogens is 224 g/mol. The van der Waals surface area contributed by atoms with Crippen LogP contribution in [-0.2, 0) is 11.8 Å². The van der Waals surface area contributed by atoms with Gasteiger partial charge in [0.05, 0.1) is 25.2 Å². The van der Waals surface area contributed by atoms with Crippen LogP contribution in [-0.4, -0.2) is 38.7 Å². The maximum atomic E-state index is 11.2. The van der Waals surface area contributed by atoms with E-state index in [1.54, 1.807) is 11.6 Å². The van der Waals surface area contributed by atoms with Gasteiger partial charge in [-0.25, -0.2) is 14.5 Å². The summed E-state index contributed by atoms with van der Waals surface area (Å²) in [6.45, 7) is 0. The molecule has 0 fully saturated rings. The third-order valence-electron chi connectivity index (χ3n) is 2.29. The smallest absolute Gasteiger partial charge is 0.341 e. The first-order valence-electron chi connectivity index (χ1n) is 4.77. The largest absolute Gasteiger partial charge is 0.465 e. The predicted molar refractivity (Wildman–Crippen MR) is 57.1 cm³/mol. The number of aldehydes is 1. The summed E-state index contributed by atoms with van der Waals surface area (Å²) in [5, 5.41) is 3.96. The van der Waals surface area contributed by atoms with Crippen molar-refractivity contribution < 1.29 is 14.3 Å². The van der Waals surface area contributed by atoms with Crippen LogP contribution in [0.15, 0.2) is 18.7 Å². The van der Waals surface area contributed by atoms with Crippen molar-refractivity contribution in [3.63, 3.8) is 0 Å². The zero-order valence-corrected chi connectivity index (χ0v) is 9.32. The second-order valence-corrected chi connectivity index (χ2v) is 3.35. The van der Waals surface area contributed by atoms with Gasteiger partial charge in [0.1, 0.15) is 5.69 Å². The summed E-state index contributed by atoms with van der Waals surface area (Å²) in [4.78, 5) is 26.2. The Kier molecular flexibility index (Phi) is 2.73. The summed E-state index contributed by atoms with van der Waals surface area (Å²) in [6, 6.07) is 0. The van der Waals surface area contributed by atoms with Gasteiger partial charge in [0.2, 0.25) is 0 Å². The van der Waals surface area contributed by atoms with E-state index in [0.717, 1.165) is 0 Å². The van der Waals surface area contributed by atoms with Gasteiger partial charge in [-0.1, -0.05) is 0 Å². The molecule has 0 amide bonds. The van der Waals surface area contributed by atoms with Crippen molar-refractivity contribution >= 4 is 12.3 Å². The van der Waals surface area contributed by atoms with Crippen molar-refractivity contribution in [3.8, 4) is 5.82 Å². The molecule has 0 spiro atoms. The Morgan fingerprint density at radius 3 is 2.94 bits per heavy atom. The van der Waals surface area contributed by atoms with Crippen molar-refractivity contribution in [2.75, 3.05) is 7.11 Å². The van der Waals surface area contributed by atoms with Gasteiger partial charge in [-0.05, 0) is 0 Å². The molecule has 0 N–H and O–H groups in total. The van der Waals surface area contributed by atoms with Gasteiger partial charge in [-0.15, -0.1) is 0 Å². The Morgan fingerprint density at radius 1 is 1.53 bits per heavy atom. The number of hydrogen-bond acceptors (Lipinski definition) is 5. The van der Waals surface area contributed by atoms with Gasteiger partial charge >= 0.3 is 5.97 Å². The summed E-state index contributed by atoms with van der Waals surface area (Å²) in [7, 11) is 2.99. The number of carbonyl (C=O) groups excluding carboxylic acids is 2. The first kappa shape index (κ1) is 11.1. The third kappa shape index (κ3) is 1.82. The molecule has 0 radical (unpaired) electrons. The van der Waals surface area contributed by atoms with Crippen molar-refractivity contribution in [3.05, 3.63) is 30.0 Å². The highest BCUT2D eigenvalue weighted by Crippen LogP contribution is 2.10. The number of aryl methyl sites for hydroxylation is 1. The zero-order chi connectivity index (χ0) is 12.4. The molecule has 0 aliphatic rings. The van der Waals surface area contributed by atoms with Gasteiger partial charge in [-0.2, -0.15) is 5.10 Å². The lowest BCUT2D eigenvalue weighted by atomic mass is 10.4. The molecule has 2 rings (SSSR count). The Morgan fingerprint density at radius 2 is 2.29 bits per heavy atom. The van der Waals surface area contributed by atoms with E-state index in [-0.39, 0.29) is 0 Å². The highest BCUT2D eigenvalue weighted by molar-refractivity contribution is 5.88. The number of aromatic nitrogens is 4. The molecule has 0 aliphatic carbocycles. The van der Waals surface area contributed by atoms with Gasteiger partial charge in [0, 0.05) is 13.2 Å². The highest BCUT2D eigenvalue weighted by Gasteiger charge is 2.14. The molecule has 88 valence electrons. The number of ether oxygens (including phenoxy) is 1. The van der Waals surface area contributed by atoms with Crippen molar-refractivity contribution in [2.24, 2.45) is 7.05 Å². The second kappa shape index (κ2) is 4.20. The maximum absolute atomic E-state index is 11.2. The van der Waals surface area contributed by atoms with E-state index in [9.17, 15) is 9.59 Å².